The lowest BCUT2D eigenvalue weighted by Crippen LogP contribution is -1.93. The minimum absolute atomic E-state index is 0.356. The summed E-state index contributed by atoms with van der Waals surface area (Å²) in [5.41, 5.74) is 9.60. The summed E-state index contributed by atoms with van der Waals surface area (Å²) in [7, 11) is 1.67. The van der Waals surface area contributed by atoms with Gasteiger partial charge in [-0.2, -0.15) is 0 Å². The summed E-state index contributed by atoms with van der Waals surface area (Å²) in [5.74, 6) is 1.25. The number of nitrogen functional groups attached to an aromatic ring is 1. The number of anilines is 1. The molecule has 0 amide bonds. The van der Waals surface area contributed by atoms with Crippen LogP contribution < -0.4 is 10.5 Å². The van der Waals surface area contributed by atoms with Crippen molar-refractivity contribution in [2.24, 2.45) is 0 Å². The van der Waals surface area contributed by atoms with E-state index in [9.17, 15) is 0 Å². The second kappa shape index (κ2) is 4.49. The number of aromatic nitrogens is 1. The Hall–Kier alpha value is -1.97. The molecule has 2 aromatic rings. The Kier molecular flexibility index (Phi) is 3.04. The van der Waals surface area contributed by atoms with Gasteiger partial charge in [-0.1, -0.05) is 18.1 Å². The fourth-order valence-corrected chi connectivity index (χ4v) is 1.95. The van der Waals surface area contributed by atoms with Gasteiger partial charge in [0.2, 0.25) is 5.88 Å². The molecule has 0 spiro atoms. The summed E-state index contributed by atoms with van der Waals surface area (Å²) in [5, 5.41) is 3.86. The second-order valence-corrected chi connectivity index (χ2v) is 3.89. The number of hydrogen-bond donors (Lipinski definition) is 1. The number of rotatable bonds is 3. The van der Waals surface area contributed by atoms with Gasteiger partial charge in [-0.25, -0.2) is 0 Å². The third kappa shape index (κ3) is 1.98. The standard InChI is InChI=1S/C13H16N2O2/c1-4-9-7-10(5-6-11(9)16-3)12-8(2)15-17-13(12)14/h5-7H,4,14H2,1-3H3. The Morgan fingerprint density at radius 1 is 1.41 bits per heavy atom. The molecule has 0 unspecified atom stereocenters. The van der Waals surface area contributed by atoms with Crippen molar-refractivity contribution in [3.8, 4) is 16.9 Å². The molecule has 4 nitrogen and oxygen atoms in total. The molecular formula is C13H16N2O2. The maximum atomic E-state index is 5.78. The van der Waals surface area contributed by atoms with Crippen molar-refractivity contribution >= 4 is 5.88 Å². The van der Waals surface area contributed by atoms with Gasteiger partial charge in [-0.3, -0.25) is 0 Å². The summed E-state index contributed by atoms with van der Waals surface area (Å²) in [6, 6.07) is 5.97. The van der Waals surface area contributed by atoms with Gasteiger partial charge in [-0.15, -0.1) is 0 Å². The Bertz CT molecular complexity index is 513. The smallest absolute Gasteiger partial charge is 0.230 e. The van der Waals surface area contributed by atoms with Gasteiger partial charge in [0, 0.05) is 0 Å². The predicted molar refractivity (Wildman–Crippen MR) is 67.0 cm³/mol. The molecule has 0 saturated carbocycles. The maximum Gasteiger partial charge on any atom is 0.230 e. The molecule has 2 N–H and O–H groups in total. The molecule has 0 saturated heterocycles. The number of hydrogen-bond acceptors (Lipinski definition) is 4. The number of benzene rings is 1. The van der Waals surface area contributed by atoms with Crippen molar-refractivity contribution in [3.63, 3.8) is 0 Å². The van der Waals surface area contributed by atoms with E-state index in [0.29, 0.717) is 5.88 Å². The summed E-state index contributed by atoms with van der Waals surface area (Å²) in [6.07, 6.45) is 0.904. The quantitative estimate of drug-likeness (QED) is 0.883. The van der Waals surface area contributed by atoms with E-state index >= 15 is 0 Å². The number of nitrogens with zero attached hydrogens (tertiary/aromatic N) is 1. The van der Waals surface area contributed by atoms with E-state index < -0.39 is 0 Å². The highest BCUT2D eigenvalue weighted by Gasteiger charge is 2.13. The van der Waals surface area contributed by atoms with E-state index in [2.05, 4.69) is 18.1 Å². The highest BCUT2D eigenvalue weighted by atomic mass is 16.5. The monoisotopic (exact) mass is 232 g/mol. The van der Waals surface area contributed by atoms with Crippen molar-refractivity contribution in [2.75, 3.05) is 12.8 Å². The van der Waals surface area contributed by atoms with Crippen LogP contribution in [-0.2, 0) is 6.42 Å². The molecule has 1 aromatic carbocycles. The molecule has 0 atom stereocenters. The minimum atomic E-state index is 0.356. The molecule has 0 fully saturated rings. The summed E-state index contributed by atoms with van der Waals surface area (Å²) < 4.78 is 10.3. The van der Waals surface area contributed by atoms with Gasteiger partial charge in [-0.05, 0) is 36.6 Å². The van der Waals surface area contributed by atoms with Crippen LogP contribution in [0.15, 0.2) is 22.7 Å². The van der Waals surface area contributed by atoms with Crippen LogP contribution in [0.1, 0.15) is 18.2 Å². The molecule has 0 bridgehead atoms. The first-order valence-electron chi connectivity index (χ1n) is 5.56. The second-order valence-electron chi connectivity index (χ2n) is 3.89. The van der Waals surface area contributed by atoms with Gasteiger partial charge >= 0.3 is 0 Å². The maximum absolute atomic E-state index is 5.78. The van der Waals surface area contributed by atoms with Gasteiger partial charge in [0.15, 0.2) is 0 Å². The zero-order valence-corrected chi connectivity index (χ0v) is 10.3. The van der Waals surface area contributed by atoms with Crippen LogP contribution in [0.3, 0.4) is 0 Å². The number of methoxy groups -OCH3 is 1. The number of aryl methyl sites for hydroxylation is 2. The van der Waals surface area contributed by atoms with Crippen LogP contribution in [0.5, 0.6) is 5.75 Å². The molecule has 0 aliphatic rings. The molecule has 0 aliphatic carbocycles. The van der Waals surface area contributed by atoms with Crippen LogP contribution in [0.25, 0.3) is 11.1 Å². The van der Waals surface area contributed by atoms with E-state index in [1.165, 1.54) is 0 Å². The predicted octanol–water partition coefficient (Wildman–Crippen LogP) is 2.80. The SMILES string of the molecule is CCc1cc(-c2c(C)noc2N)ccc1OC. The largest absolute Gasteiger partial charge is 0.496 e. The van der Waals surface area contributed by atoms with Crippen LogP contribution in [0.2, 0.25) is 0 Å². The Morgan fingerprint density at radius 3 is 2.71 bits per heavy atom. The topological polar surface area (TPSA) is 61.3 Å². The van der Waals surface area contributed by atoms with Crippen molar-refractivity contribution in [1.29, 1.82) is 0 Å². The normalized spacial score (nSPS) is 10.5. The Labute approximate surface area is 100 Å². The molecule has 0 aliphatic heterocycles. The summed E-state index contributed by atoms with van der Waals surface area (Å²) in [4.78, 5) is 0. The Balaban J connectivity index is 2.54. The van der Waals surface area contributed by atoms with E-state index in [-0.39, 0.29) is 0 Å². The van der Waals surface area contributed by atoms with E-state index in [0.717, 1.165) is 34.6 Å². The molecule has 1 heterocycles. The Morgan fingerprint density at radius 2 is 2.18 bits per heavy atom. The molecule has 4 heteroatoms. The van der Waals surface area contributed by atoms with Crippen molar-refractivity contribution in [1.82, 2.24) is 5.16 Å². The van der Waals surface area contributed by atoms with Gasteiger partial charge in [0.25, 0.3) is 0 Å². The first-order valence-corrected chi connectivity index (χ1v) is 5.56. The fourth-order valence-electron chi connectivity index (χ4n) is 1.95. The summed E-state index contributed by atoms with van der Waals surface area (Å²) in [6.45, 7) is 3.97. The van der Waals surface area contributed by atoms with Crippen LogP contribution in [0, 0.1) is 6.92 Å². The van der Waals surface area contributed by atoms with E-state index in [1.54, 1.807) is 7.11 Å². The van der Waals surface area contributed by atoms with Crippen molar-refractivity contribution < 1.29 is 9.26 Å². The van der Waals surface area contributed by atoms with Crippen LogP contribution >= 0.6 is 0 Å². The van der Waals surface area contributed by atoms with Crippen LogP contribution in [0.4, 0.5) is 5.88 Å². The van der Waals surface area contributed by atoms with Gasteiger partial charge < -0.3 is 15.0 Å². The minimum Gasteiger partial charge on any atom is -0.496 e. The molecule has 17 heavy (non-hydrogen) atoms. The van der Waals surface area contributed by atoms with E-state index in [4.69, 9.17) is 15.0 Å². The van der Waals surface area contributed by atoms with Crippen molar-refractivity contribution in [2.45, 2.75) is 20.3 Å². The zero-order chi connectivity index (χ0) is 12.4. The number of nitrogens with two attached hydrogens (primary N) is 1. The van der Waals surface area contributed by atoms with Crippen molar-refractivity contribution in [3.05, 3.63) is 29.5 Å². The first-order chi connectivity index (χ1) is 8.17. The zero-order valence-electron chi connectivity index (χ0n) is 10.3. The third-order valence-electron chi connectivity index (χ3n) is 2.84. The van der Waals surface area contributed by atoms with E-state index in [1.807, 2.05) is 19.1 Å². The molecule has 90 valence electrons. The molecular weight excluding hydrogens is 216 g/mol. The lowest BCUT2D eigenvalue weighted by Gasteiger charge is -2.08. The molecule has 1 aromatic heterocycles. The first kappa shape index (κ1) is 11.5. The average Bonchev–Trinajstić information content (AvgIpc) is 2.68. The van der Waals surface area contributed by atoms with Gasteiger partial charge in [0.1, 0.15) is 5.75 Å². The molecule has 2 rings (SSSR count). The van der Waals surface area contributed by atoms with Gasteiger partial charge in [0.05, 0.1) is 18.4 Å². The highest BCUT2D eigenvalue weighted by Crippen LogP contribution is 2.32. The summed E-state index contributed by atoms with van der Waals surface area (Å²) >= 11 is 0. The molecule has 0 radical (unpaired) electrons. The lowest BCUT2D eigenvalue weighted by molar-refractivity contribution is 0.410. The number of ether oxygens (including phenoxy) is 1. The lowest BCUT2D eigenvalue weighted by atomic mass is 10.0. The average molecular weight is 232 g/mol. The van der Waals surface area contributed by atoms with Crippen LogP contribution in [-0.4, -0.2) is 12.3 Å². The third-order valence-corrected chi connectivity index (χ3v) is 2.84. The fraction of sp³-hybridized carbons (Fsp3) is 0.308. The highest BCUT2D eigenvalue weighted by molar-refractivity contribution is 5.75.